The number of carbonyl (C=O) groups is 2. The first kappa shape index (κ1) is 13.9. The third-order valence-electron chi connectivity index (χ3n) is 4.41. The Balaban J connectivity index is 1.91. The lowest BCUT2D eigenvalue weighted by Gasteiger charge is -2.39. The quantitative estimate of drug-likeness (QED) is 0.795. The predicted octanol–water partition coefficient (Wildman–Crippen LogP) is 1.71. The van der Waals surface area contributed by atoms with E-state index in [0.29, 0.717) is 17.7 Å². The van der Waals surface area contributed by atoms with Crippen LogP contribution in [0.25, 0.3) is 0 Å². The molecule has 5 heteroatoms. The van der Waals surface area contributed by atoms with E-state index in [1.807, 2.05) is 23.1 Å². The van der Waals surface area contributed by atoms with Gasteiger partial charge in [-0.1, -0.05) is 6.07 Å². The van der Waals surface area contributed by atoms with Crippen molar-refractivity contribution in [3.05, 3.63) is 23.8 Å². The van der Waals surface area contributed by atoms with Crippen molar-refractivity contribution in [2.45, 2.75) is 25.8 Å². The summed E-state index contributed by atoms with van der Waals surface area (Å²) in [6.45, 7) is 3.85. The third kappa shape index (κ3) is 2.37. The molecule has 1 aromatic carbocycles. The summed E-state index contributed by atoms with van der Waals surface area (Å²) >= 11 is 0. The van der Waals surface area contributed by atoms with Crippen molar-refractivity contribution in [2.24, 2.45) is 0 Å². The summed E-state index contributed by atoms with van der Waals surface area (Å²) in [6, 6.07) is 5.96. The van der Waals surface area contributed by atoms with Crippen molar-refractivity contribution in [1.29, 1.82) is 0 Å². The van der Waals surface area contributed by atoms with E-state index >= 15 is 0 Å². The van der Waals surface area contributed by atoms with Gasteiger partial charge < -0.3 is 14.5 Å². The van der Waals surface area contributed by atoms with Crippen LogP contribution < -0.4 is 9.64 Å². The van der Waals surface area contributed by atoms with Crippen molar-refractivity contribution in [2.75, 3.05) is 31.6 Å². The Bertz CT molecular complexity index is 585. The van der Waals surface area contributed by atoms with Gasteiger partial charge in [0.1, 0.15) is 5.75 Å². The number of hydrogen-bond donors (Lipinski definition) is 0. The molecule has 1 unspecified atom stereocenters. The zero-order chi connectivity index (χ0) is 15.0. The minimum atomic E-state index is 0.00683. The molecule has 3 rings (SSSR count). The molecule has 0 N–H and O–H groups in total. The minimum absolute atomic E-state index is 0.00683. The van der Waals surface area contributed by atoms with E-state index in [1.165, 1.54) is 0 Å². The van der Waals surface area contributed by atoms with Crippen LogP contribution in [0.5, 0.6) is 5.75 Å². The molecule has 0 spiro atoms. The fourth-order valence-electron chi connectivity index (χ4n) is 3.39. The second-order valence-electron chi connectivity index (χ2n) is 5.64. The number of nitrogens with zero attached hydrogens (tertiary/aromatic N) is 2. The third-order valence-corrected chi connectivity index (χ3v) is 4.41. The van der Waals surface area contributed by atoms with Crippen molar-refractivity contribution in [3.8, 4) is 5.75 Å². The van der Waals surface area contributed by atoms with Gasteiger partial charge in [-0.05, 0) is 25.5 Å². The second-order valence-corrected chi connectivity index (χ2v) is 5.64. The standard InChI is InChI=1S/C16H20N2O3/c1-11(19)16-13(4-3-5-14(16)21-2)17-8-9-18-12(10-17)6-7-15(18)20/h3-5,12H,6-10H2,1-2H3. The van der Waals surface area contributed by atoms with Crippen LogP contribution in [0, 0.1) is 0 Å². The summed E-state index contributed by atoms with van der Waals surface area (Å²) < 4.78 is 5.33. The average Bonchev–Trinajstić information content (AvgIpc) is 2.87. The van der Waals surface area contributed by atoms with Gasteiger partial charge in [0, 0.05) is 32.1 Å². The number of methoxy groups -OCH3 is 1. The molecule has 0 bridgehead atoms. The number of amides is 1. The molecule has 2 fully saturated rings. The van der Waals surface area contributed by atoms with Crippen LogP contribution in [0.2, 0.25) is 0 Å². The van der Waals surface area contributed by atoms with Crippen LogP contribution in [0.3, 0.4) is 0 Å². The van der Waals surface area contributed by atoms with Crippen LogP contribution in [-0.4, -0.2) is 49.4 Å². The number of hydrogen-bond acceptors (Lipinski definition) is 4. The van der Waals surface area contributed by atoms with Gasteiger partial charge in [-0.3, -0.25) is 9.59 Å². The number of carbonyl (C=O) groups excluding carboxylic acids is 2. The van der Waals surface area contributed by atoms with Crippen LogP contribution in [-0.2, 0) is 4.79 Å². The average molecular weight is 288 g/mol. The summed E-state index contributed by atoms with van der Waals surface area (Å²) in [5.41, 5.74) is 1.55. The van der Waals surface area contributed by atoms with E-state index < -0.39 is 0 Å². The molecule has 0 aromatic heterocycles. The summed E-state index contributed by atoms with van der Waals surface area (Å²) in [6.07, 6.45) is 1.56. The lowest BCUT2D eigenvalue weighted by Crippen LogP contribution is -2.51. The Morgan fingerprint density at radius 2 is 2.14 bits per heavy atom. The fourth-order valence-corrected chi connectivity index (χ4v) is 3.39. The summed E-state index contributed by atoms with van der Waals surface area (Å²) in [7, 11) is 1.58. The van der Waals surface area contributed by atoms with E-state index in [0.717, 1.165) is 31.7 Å². The largest absolute Gasteiger partial charge is 0.496 e. The predicted molar refractivity (Wildman–Crippen MR) is 79.9 cm³/mol. The lowest BCUT2D eigenvalue weighted by molar-refractivity contribution is -0.129. The van der Waals surface area contributed by atoms with Crippen LogP contribution in [0.15, 0.2) is 18.2 Å². The molecule has 0 saturated carbocycles. The van der Waals surface area contributed by atoms with E-state index in [1.54, 1.807) is 14.0 Å². The maximum atomic E-state index is 12.0. The highest BCUT2D eigenvalue weighted by molar-refractivity contribution is 6.02. The van der Waals surface area contributed by atoms with Gasteiger partial charge in [-0.15, -0.1) is 0 Å². The number of fused-ring (bicyclic) bond motifs is 1. The molecule has 0 radical (unpaired) electrons. The molecule has 0 aliphatic carbocycles. The molecule has 2 heterocycles. The smallest absolute Gasteiger partial charge is 0.223 e. The molecular formula is C16H20N2O3. The van der Waals surface area contributed by atoms with Crippen molar-refractivity contribution in [3.63, 3.8) is 0 Å². The first-order valence-corrected chi connectivity index (χ1v) is 7.34. The summed E-state index contributed by atoms with van der Waals surface area (Å²) in [4.78, 5) is 27.9. The van der Waals surface area contributed by atoms with Crippen molar-refractivity contribution < 1.29 is 14.3 Å². The van der Waals surface area contributed by atoms with Gasteiger partial charge in [0.15, 0.2) is 5.78 Å². The molecule has 1 amide bonds. The Kier molecular flexibility index (Phi) is 3.57. The van der Waals surface area contributed by atoms with Gasteiger partial charge in [-0.25, -0.2) is 0 Å². The van der Waals surface area contributed by atoms with Gasteiger partial charge in [0.05, 0.1) is 18.4 Å². The molecule has 21 heavy (non-hydrogen) atoms. The van der Waals surface area contributed by atoms with Gasteiger partial charge >= 0.3 is 0 Å². The highest BCUT2D eigenvalue weighted by Crippen LogP contribution is 2.33. The number of anilines is 1. The van der Waals surface area contributed by atoms with E-state index in [-0.39, 0.29) is 17.7 Å². The Hall–Kier alpha value is -2.04. The van der Waals surface area contributed by atoms with E-state index in [2.05, 4.69) is 4.90 Å². The van der Waals surface area contributed by atoms with Crippen LogP contribution in [0.1, 0.15) is 30.1 Å². The molecule has 2 aliphatic rings. The molecule has 5 nitrogen and oxygen atoms in total. The number of rotatable bonds is 3. The zero-order valence-electron chi connectivity index (χ0n) is 12.5. The Morgan fingerprint density at radius 1 is 1.33 bits per heavy atom. The minimum Gasteiger partial charge on any atom is -0.496 e. The lowest BCUT2D eigenvalue weighted by atomic mass is 10.0. The maximum absolute atomic E-state index is 12.0. The highest BCUT2D eigenvalue weighted by atomic mass is 16.5. The summed E-state index contributed by atoms with van der Waals surface area (Å²) in [5.74, 6) is 0.884. The maximum Gasteiger partial charge on any atom is 0.223 e. The number of Topliss-reactive ketones (excluding diaryl/α,β-unsaturated/α-hetero) is 1. The first-order chi connectivity index (χ1) is 10.1. The van der Waals surface area contributed by atoms with E-state index in [4.69, 9.17) is 4.74 Å². The normalized spacial score (nSPS) is 21.4. The number of ether oxygens (including phenoxy) is 1. The SMILES string of the molecule is COc1cccc(N2CCN3C(=O)CCC3C2)c1C(C)=O. The monoisotopic (exact) mass is 288 g/mol. The Labute approximate surface area is 124 Å². The van der Waals surface area contributed by atoms with Crippen molar-refractivity contribution >= 4 is 17.4 Å². The molecule has 112 valence electrons. The molecule has 1 atom stereocenters. The second kappa shape index (κ2) is 5.39. The number of ketones is 1. The highest BCUT2D eigenvalue weighted by Gasteiger charge is 2.36. The number of benzene rings is 1. The first-order valence-electron chi connectivity index (χ1n) is 7.34. The van der Waals surface area contributed by atoms with Gasteiger partial charge in [0.25, 0.3) is 0 Å². The number of piperazine rings is 1. The molecule has 2 saturated heterocycles. The van der Waals surface area contributed by atoms with E-state index in [9.17, 15) is 9.59 Å². The summed E-state index contributed by atoms with van der Waals surface area (Å²) in [5, 5.41) is 0. The van der Waals surface area contributed by atoms with Crippen LogP contribution >= 0.6 is 0 Å². The molecule has 2 aliphatic heterocycles. The zero-order valence-corrected chi connectivity index (χ0v) is 12.5. The van der Waals surface area contributed by atoms with Crippen LogP contribution in [0.4, 0.5) is 5.69 Å². The molecule has 1 aromatic rings. The van der Waals surface area contributed by atoms with Crippen molar-refractivity contribution in [1.82, 2.24) is 4.90 Å². The van der Waals surface area contributed by atoms with Gasteiger partial charge in [-0.2, -0.15) is 0 Å². The van der Waals surface area contributed by atoms with Gasteiger partial charge in [0.2, 0.25) is 5.91 Å². The topological polar surface area (TPSA) is 49.9 Å². The molecular weight excluding hydrogens is 268 g/mol. The Morgan fingerprint density at radius 3 is 2.86 bits per heavy atom. The fraction of sp³-hybridized carbons (Fsp3) is 0.500.